The normalized spacial score (nSPS) is 17.0. The molecule has 13 heteroatoms. The molecule has 0 spiro atoms. The average Bonchev–Trinajstić information content (AvgIpc) is 4.02. The molecule has 0 aliphatic rings. The summed E-state index contributed by atoms with van der Waals surface area (Å²) in [6.07, 6.45) is -0.0272. The van der Waals surface area contributed by atoms with Crippen LogP contribution in [0.15, 0.2) is 152 Å². The topological polar surface area (TPSA) is 0 Å². The van der Waals surface area contributed by atoms with E-state index in [0.717, 1.165) is 0 Å². The van der Waals surface area contributed by atoms with Gasteiger partial charge in [0.2, 0.25) is 0 Å². The molecule has 0 nitrogen and oxygen atoms in total. The van der Waals surface area contributed by atoms with Crippen LogP contribution in [0.3, 0.4) is 0 Å². The second-order valence-corrected chi connectivity index (χ2v) is 74.5. The molecule has 3 heterocycles. The molecule has 3 radical (unpaired) electrons. The molecule has 0 N–H and O–H groups in total. The van der Waals surface area contributed by atoms with E-state index in [1.165, 1.54) is 15.5 Å². The SMILES string of the molecule is [Si]p1p(-c2ccccc2)p1P(P(Pp1[pH]p1-c1ccccc1)c1ccccc1)p1p(-c2ccccc2)p1-c1ccccc1. The van der Waals surface area contributed by atoms with E-state index in [-0.39, 0.29) is 68.0 Å². The van der Waals surface area contributed by atoms with Crippen LogP contribution < -0.4 is 5.30 Å². The molecule has 0 saturated heterocycles. The van der Waals surface area contributed by atoms with Gasteiger partial charge in [0.1, 0.15) is 9.91 Å². The smallest absolute Gasteiger partial charge is 0.0915 e. The van der Waals surface area contributed by atoms with E-state index in [0.29, 0.717) is 0 Å². The van der Waals surface area contributed by atoms with Crippen molar-refractivity contribution in [3.8, 4) is 21.2 Å². The van der Waals surface area contributed by atoms with Gasteiger partial charge in [-0.15, -0.1) is 0 Å². The first-order valence-corrected chi connectivity index (χ1v) is 41.0. The number of hydrogen-bond acceptors (Lipinski definition) is 0. The highest BCUT2D eigenvalue weighted by atomic mass is 33.2. The van der Waals surface area contributed by atoms with Gasteiger partial charge in [0.05, 0.1) is 0 Å². The minimum Gasteiger partial charge on any atom is -0.0915 e. The molecule has 0 aliphatic carbocycles. The largest absolute Gasteiger partial charge is 0.117 e. The molecule has 0 aliphatic heterocycles. The summed E-state index contributed by atoms with van der Waals surface area (Å²) in [5.41, 5.74) is 0. The van der Waals surface area contributed by atoms with Crippen molar-refractivity contribution in [2.24, 2.45) is 0 Å². The van der Waals surface area contributed by atoms with Gasteiger partial charge < -0.3 is 0 Å². The summed E-state index contributed by atoms with van der Waals surface area (Å²) in [6, 6.07) is 59.0. The molecule has 11 unspecified atom stereocenters. The Balaban J connectivity index is 1.31. The van der Waals surface area contributed by atoms with Crippen molar-refractivity contribution < 1.29 is 0 Å². The summed E-state index contributed by atoms with van der Waals surface area (Å²) in [4.78, 5) is 0. The maximum Gasteiger partial charge on any atom is 0.117 e. The van der Waals surface area contributed by atoms with Crippen molar-refractivity contribution in [1.29, 1.82) is 0 Å². The van der Waals surface area contributed by atoms with Crippen molar-refractivity contribution in [1.82, 2.24) is 0 Å². The molecule has 5 aromatic carbocycles. The Morgan fingerprint density at radius 1 is 0.488 bits per heavy atom. The first-order valence-electron chi connectivity index (χ1n) is 13.8. The highest BCUT2D eigenvalue weighted by Gasteiger charge is 2.43. The van der Waals surface area contributed by atoms with Gasteiger partial charge in [0.25, 0.3) is 0 Å². The molecule has 3 aromatic heterocycles. The zero-order valence-electron chi connectivity index (χ0n) is 22.9. The first kappa shape index (κ1) is 30.6. The highest BCUT2D eigenvalue weighted by Crippen LogP contribution is 3.23. The lowest BCUT2D eigenvalue weighted by molar-refractivity contribution is 1.76. The molecule has 0 saturated carbocycles. The van der Waals surface area contributed by atoms with Crippen molar-refractivity contribution in [2.75, 3.05) is 0 Å². The van der Waals surface area contributed by atoms with Crippen molar-refractivity contribution in [3.05, 3.63) is 152 Å². The Morgan fingerprint density at radius 2 is 0.907 bits per heavy atom. The second-order valence-electron chi connectivity index (χ2n) is 9.78. The van der Waals surface area contributed by atoms with E-state index in [2.05, 4.69) is 162 Å². The Morgan fingerprint density at radius 3 is 1.40 bits per heavy atom. The molecular weight excluding hydrogens is 760 g/mol. The lowest BCUT2D eigenvalue weighted by atomic mass is 10.4. The third-order valence-corrected chi connectivity index (χ3v) is 120. The molecule has 211 valence electrons. The van der Waals surface area contributed by atoms with Crippen LogP contribution in [-0.4, -0.2) is 9.91 Å². The van der Waals surface area contributed by atoms with Gasteiger partial charge in [-0.05, 0) is 67.8 Å². The molecule has 43 heavy (non-hydrogen) atoms. The Bertz CT molecular complexity index is 1960. The standard InChI is InChI=1S/C30H27P12Si/c43-42-37(30-24-14-5-15-25-30)41(42)39(40-35(28-20-10-3-11-21-28)36(40)29-22-12-4-13-23-29)34(27-18-8-2-9-19-27)32-38-31-33(38)26-16-6-1-7-17-26/h1-25,31-32H. The van der Waals surface area contributed by atoms with Gasteiger partial charge in [-0.2, -0.15) is 0 Å². The van der Waals surface area contributed by atoms with Crippen LogP contribution in [0, 0.1) is 0 Å². The molecule has 0 bridgehead atoms. The maximum absolute atomic E-state index is 4.52. The van der Waals surface area contributed by atoms with E-state index in [1.807, 2.05) is 0 Å². The van der Waals surface area contributed by atoms with E-state index < -0.39 is 0 Å². The summed E-state index contributed by atoms with van der Waals surface area (Å²) in [5, 5.41) is 8.50. The summed E-state index contributed by atoms with van der Waals surface area (Å²) in [5.74, 6) is 0. The quantitative estimate of drug-likeness (QED) is 0.0957. The van der Waals surface area contributed by atoms with Gasteiger partial charge in [-0.3, -0.25) is 0 Å². The third-order valence-electron chi connectivity index (χ3n) is 6.98. The molecule has 0 fully saturated rings. The zero-order valence-corrected chi connectivity index (χ0v) is 34.9. The fourth-order valence-corrected chi connectivity index (χ4v) is 207. The van der Waals surface area contributed by atoms with Crippen molar-refractivity contribution in [2.45, 2.75) is 0 Å². The Hall–Kier alpha value is 0.307. The predicted molar refractivity (Wildman–Crippen MR) is 221 cm³/mol. The minimum absolute atomic E-state index is 0.000322. The van der Waals surface area contributed by atoms with Gasteiger partial charge in [-0.1, -0.05) is 166 Å². The van der Waals surface area contributed by atoms with Crippen LogP contribution in [-0.2, 0) is 0 Å². The monoisotopic (exact) mass is 787 g/mol. The van der Waals surface area contributed by atoms with Crippen LogP contribution in [0.5, 0.6) is 0 Å². The molecule has 0 amide bonds. The second kappa shape index (κ2) is 13.8. The van der Waals surface area contributed by atoms with E-state index in [4.69, 9.17) is 0 Å². The van der Waals surface area contributed by atoms with Crippen LogP contribution >= 0.6 is 83.5 Å². The minimum atomic E-state index is -0.109. The van der Waals surface area contributed by atoms with E-state index in [1.54, 1.807) is 26.5 Å². The van der Waals surface area contributed by atoms with E-state index >= 15 is 0 Å². The summed E-state index contributed by atoms with van der Waals surface area (Å²) < 4.78 is 0. The Kier molecular flexibility index (Phi) is 9.83. The predicted octanol–water partition coefficient (Wildman–Crippen LogP) is 17.0. The maximum atomic E-state index is 4.52. The van der Waals surface area contributed by atoms with E-state index in [9.17, 15) is 0 Å². The number of rotatable bonds is 10. The van der Waals surface area contributed by atoms with Crippen LogP contribution in [0.2, 0.25) is 0 Å². The molecule has 8 rings (SSSR count). The summed E-state index contributed by atoms with van der Waals surface area (Å²) in [7, 11) is 6.86. The summed E-state index contributed by atoms with van der Waals surface area (Å²) in [6.45, 7) is 0.285. The van der Waals surface area contributed by atoms with Crippen molar-refractivity contribution >= 4 is 98.7 Å². The number of hydrogen-bond donors (Lipinski definition) is 0. The van der Waals surface area contributed by atoms with Gasteiger partial charge in [0.15, 0.2) is 0 Å². The summed E-state index contributed by atoms with van der Waals surface area (Å²) >= 11 is 0. The van der Waals surface area contributed by atoms with Crippen LogP contribution in [0.4, 0.5) is 0 Å². The Labute approximate surface area is 269 Å². The average molecular weight is 787 g/mol. The molecule has 11 atom stereocenters. The highest BCUT2D eigenvalue weighted by molar-refractivity contribution is 9.23. The van der Waals surface area contributed by atoms with Gasteiger partial charge in [0, 0.05) is 28.2 Å². The molecule has 8 aromatic rings. The fourth-order valence-electron chi connectivity index (χ4n) is 4.84. The van der Waals surface area contributed by atoms with Gasteiger partial charge in [-0.25, -0.2) is 0 Å². The van der Waals surface area contributed by atoms with Crippen molar-refractivity contribution in [3.63, 3.8) is 0 Å². The van der Waals surface area contributed by atoms with Crippen LogP contribution in [0.25, 0.3) is 21.2 Å². The van der Waals surface area contributed by atoms with Gasteiger partial charge >= 0.3 is 0 Å². The first-order chi connectivity index (χ1) is 21.3. The lowest BCUT2D eigenvalue weighted by Crippen LogP contribution is -1.92. The lowest BCUT2D eigenvalue weighted by Gasteiger charge is -2.24. The third kappa shape index (κ3) is 6.57. The molecular formula is C30H27P12Si. The van der Waals surface area contributed by atoms with Crippen LogP contribution in [0.1, 0.15) is 0 Å². The fraction of sp³-hybridized carbons (Fsp3) is 0. The zero-order chi connectivity index (χ0) is 28.8. The number of benzene rings is 5.